The second-order valence-electron chi connectivity index (χ2n) is 6.67. The Morgan fingerprint density at radius 3 is 2.31 bits per heavy atom. The van der Waals surface area contributed by atoms with Gasteiger partial charge in [-0.1, -0.05) is 11.6 Å². The van der Waals surface area contributed by atoms with Gasteiger partial charge in [0.2, 0.25) is 10.0 Å². The van der Waals surface area contributed by atoms with Crippen molar-refractivity contribution in [2.45, 2.75) is 42.8 Å². The second kappa shape index (κ2) is 8.22. The molecular weight excluding hydrogens is 412 g/mol. The van der Waals surface area contributed by atoms with Crippen LogP contribution in [0.1, 0.15) is 31.2 Å². The molecule has 0 unspecified atom stereocenters. The van der Waals surface area contributed by atoms with Crippen molar-refractivity contribution in [2.24, 2.45) is 5.92 Å². The van der Waals surface area contributed by atoms with Gasteiger partial charge in [-0.05, 0) is 56.3 Å². The molecule has 0 aromatic heterocycles. The molecule has 1 saturated heterocycles. The lowest BCUT2D eigenvalue weighted by atomic mass is 10.1. The van der Waals surface area contributed by atoms with Crippen molar-refractivity contribution in [2.75, 3.05) is 19.6 Å². The van der Waals surface area contributed by atoms with E-state index in [0.717, 1.165) is 22.8 Å². The standard InChI is InChI=1S/C16H20ClF3N2O2S.ClH/c17-12-3-4-15(14(9-12)16(18,19)20)25(23,24)22-7-5-13(6-8-22)21-10-11-1-2-11;/h3-4,9,11,13,21H,1-2,5-8,10H2;1H. The first-order valence-electron chi connectivity index (χ1n) is 8.28. The highest BCUT2D eigenvalue weighted by molar-refractivity contribution is 7.89. The van der Waals surface area contributed by atoms with Gasteiger partial charge in [0.15, 0.2) is 0 Å². The summed E-state index contributed by atoms with van der Waals surface area (Å²) in [4.78, 5) is -0.728. The van der Waals surface area contributed by atoms with Gasteiger partial charge in [-0.15, -0.1) is 12.4 Å². The average molecular weight is 433 g/mol. The molecule has 1 N–H and O–H groups in total. The van der Waals surface area contributed by atoms with E-state index in [9.17, 15) is 21.6 Å². The van der Waals surface area contributed by atoms with Gasteiger partial charge in [-0.25, -0.2) is 8.42 Å². The smallest absolute Gasteiger partial charge is 0.314 e. The summed E-state index contributed by atoms with van der Waals surface area (Å²) in [5.74, 6) is 0.727. The molecule has 3 rings (SSSR count). The molecule has 4 nitrogen and oxygen atoms in total. The van der Waals surface area contributed by atoms with Gasteiger partial charge in [-0.2, -0.15) is 17.5 Å². The Morgan fingerprint density at radius 2 is 1.77 bits per heavy atom. The van der Waals surface area contributed by atoms with Gasteiger partial charge in [0.05, 0.1) is 10.5 Å². The molecule has 0 spiro atoms. The first kappa shape index (κ1) is 21.8. The second-order valence-corrected chi connectivity index (χ2v) is 9.01. The Hall–Kier alpha value is -0.540. The van der Waals surface area contributed by atoms with Gasteiger partial charge in [0.25, 0.3) is 0 Å². The molecule has 2 aliphatic rings. The molecule has 0 radical (unpaired) electrons. The summed E-state index contributed by atoms with van der Waals surface area (Å²) in [6, 6.07) is 3.00. The van der Waals surface area contributed by atoms with Crippen molar-refractivity contribution in [3.63, 3.8) is 0 Å². The maximum absolute atomic E-state index is 13.2. The van der Waals surface area contributed by atoms with E-state index >= 15 is 0 Å². The highest BCUT2D eigenvalue weighted by Crippen LogP contribution is 2.37. The SMILES string of the molecule is Cl.O=S(=O)(c1ccc(Cl)cc1C(F)(F)F)N1CCC(NCC2CC2)CC1. The fourth-order valence-electron chi connectivity index (χ4n) is 3.04. The number of benzene rings is 1. The largest absolute Gasteiger partial charge is 0.417 e. The number of alkyl halides is 3. The number of hydrogen-bond donors (Lipinski definition) is 1. The fraction of sp³-hybridized carbons (Fsp3) is 0.625. The Morgan fingerprint density at radius 1 is 1.15 bits per heavy atom. The predicted molar refractivity (Wildman–Crippen MR) is 96.2 cm³/mol. The zero-order valence-corrected chi connectivity index (χ0v) is 16.3. The van der Waals surface area contributed by atoms with Crippen LogP contribution in [0.5, 0.6) is 0 Å². The first-order valence-corrected chi connectivity index (χ1v) is 10.1. The molecular formula is C16H21Cl2F3N2O2S. The molecule has 0 bridgehead atoms. The molecule has 2 fully saturated rings. The van der Waals surface area contributed by atoms with E-state index in [1.54, 1.807) is 0 Å². The number of hydrogen-bond acceptors (Lipinski definition) is 3. The summed E-state index contributed by atoms with van der Waals surface area (Å²) in [7, 11) is -4.21. The van der Waals surface area contributed by atoms with E-state index in [4.69, 9.17) is 11.6 Å². The molecule has 148 valence electrons. The summed E-state index contributed by atoms with van der Waals surface area (Å²) in [5.41, 5.74) is -1.21. The summed E-state index contributed by atoms with van der Waals surface area (Å²) in [6.45, 7) is 1.36. The third-order valence-corrected chi connectivity index (χ3v) is 6.90. The Balaban J connectivity index is 0.00000243. The summed E-state index contributed by atoms with van der Waals surface area (Å²) in [6.07, 6.45) is -1.12. The van der Waals surface area contributed by atoms with Crippen LogP contribution in [0.4, 0.5) is 13.2 Å². The van der Waals surface area contributed by atoms with E-state index in [0.29, 0.717) is 18.9 Å². The number of rotatable bonds is 5. The van der Waals surface area contributed by atoms with Crippen molar-refractivity contribution >= 4 is 34.0 Å². The van der Waals surface area contributed by atoms with Crippen LogP contribution in [-0.2, 0) is 16.2 Å². The normalized spacial score (nSPS) is 20.0. The topological polar surface area (TPSA) is 49.4 Å². The highest BCUT2D eigenvalue weighted by Gasteiger charge is 2.40. The molecule has 1 aromatic rings. The third kappa shape index (κ3) is 5.04. The van der Waals surface area contributed by atoms with Gasteiger partial charge in [-0.3, -0.25) is 0 Å². The Bertz CT molecular complexity index is 732. The zero-order valence-electron chi connectivity index (χ0n) is 13.9. The Labute approximate surface area is 162 Å². The van der Waals surface area contributed by atoms with Gasteiger partial charge >= 0.3 is 6.18 Å². The fourth-order valence-corrected chi connectivity index (χ4v) is 4.88. The van der Waals surface area contributed by atoms with Crippen LogP contribution in [0.2, 0.25) is 5.02 Å². The van der Waals surface area contributed by atoms with Crippen LogP contribution >= 0.6 is 24.0 Å². The van der Waals surface area contributed by atoms with Crippen LogP contribution in [-0.4, -0.2) is 38.4 Å². The minimum Gasteiger partial charge on any atom is -0.314 e. The summed E-state index contributed by atoms with van der Waals surface area (Å²) in [5, 5.41) is 3.28. The number of piperidine rings is 1. The van der Waals surface area contributed by atoms with E-state index in [-0.39, 0.29) is 36.6 Å². The van der Waals surface area contributed by atoms with Crippen LogP contribution in [0.3, 0.4) is 0 Å². The van der Waals surface area contributed by atoms with Gasteiger partial charge in [0, 0.05) is 24.2 Å². The van der Waals surface area contributed by atoms with Crippen LogP contribution < -0.4 is 5.32 Å². The zero-order chi connectivity index (χ0) is 18.2. The van der Waals surface area contributed by atoms with E-state index in [2.05, 4.69) is 5.32 Å². The van der Waals surface area contributed by atoms with Crippen molar-refractivity contribution in [1.29, 1.82) is 0 Å². The molecule has 0 amide bonds. The Kier molecular flexibility index (Phi) is 6.88. The van der Waals surface area contributed by atoms with Crippen molar-refractivity contribution in [3.8, 4) is 0 Å². The molecule has 1 aliphatic heterocycles. The summed E-state index contributed by atoms with van der Waals surface area (Å²) >= 11 is 5.63. The van der Waals surface area contributed by atoms with Crippen molar-refractivity contribution < 1.29 is 21.6 Å². The molecule has 1 aliphatic carbocycles. The first-order chi connectivity index (χ1) is 11.7. The molecule has 10 heteroatoms. The molecule has 0 atom stereocenters. The van der Waals surface area contributed by atoms with Crippen LogP contribution in [0.15, 0.2) is 23.1 Å². The maximum atomic E-state index is 13.2. The number of nitrogens with zero attached hydrogens (tertiary/aromatic N) is 1. The van der Waals surface area contributed by atoms with Crippen molar-refractivity contribution in [3.05, 3.63) is 28.8 Å². The number of halogens is 5. The molecule has 1 aromatic carbocycles. The van der Waals surface area contributed by atoms with Crippen molar-refractivity contribution in [1.82, 2.24) is 9.62 Å². The van der Waals surface area contributed by atoms with E-state index in [1.165, 1.54) is 18.9 Å². The highest BCUT2D eigenvalue weighted by atomic mass is 35.5. The quantitative estimate of drug-likeness (QED) is 0.766. The third-order valence-electron chi connectivity index (χ3n) is 4.71. The minimum absolute atomic E-state index is 0. The lowest BCUT2D eigenvalue weighted by Crippen LogP contribution is -2.45. The lowest BCUT2D eigenvalue weighted by Gasteiger charge is -2.32. The average Bonchev–Trinajstić information content (AvgIpc) is 3.36. The predicted octanol–water partition coefficient (Wildman–Crippen LogP) is 3.93. The van der Waals surface area contributed by atoms with E-state index in [1.807, 2.05) is 0 Å². The van der Waals surface area contributed by atoms with Crippen LogP contribution in [0.25, 0.3) is 0 Å². The minimum atomic E-state index is -4.78. The number of nitrogens with one attached hydrogen (secondary N) is 1. The van der Waals surface area contributed by atoms with E-state index < -0.39 is 26.7 Å². The molecule has 26 heavy (non-hydrogen) atoms. The van der Waals surface area contributed by atoms with Crippen LogP contribution in [0, 0.1) is 5.92 Å². The maximum Gasteiger partial charge on any atom is 0.417 e. The summed E-state index contributed by atoms with van der Waals surface area (Å²) < 4.78 is 66.2. The van der Waals surface area contributed by atoms with Gasteiger partial charge in [0.1, 0.15) is 0 Å². The number of sulfonamides is 1. The lowest BCUT2D eigenvalue weighted by molar-refractivity contribution is -0.139. The van der Waals surface area contributed by atoms with Gasteiger partial charge < -0.3 is 5.32 Å². The monoisotopic (exact) mass is 432 g/mol. The molecule has 1 saturated carbocycles. The molecule has 1 heterocycles.